The van der Waals surface area contributed by atoms with Crippen LogP contribution in [-0.4, -0.2) is 23.7 Å². The van der Waals surface area contributed by atoms with E-state index < -0.39 is 10.0 Å². The molecule has 1 aromatic carbocycles. The number of hydrogen-bond donors (Lipinski definition) is 2. The van der Waals surface area contributed by atoms with E-state index in [1.807, 2.05) is 0 Å². The molecule has 1 heterocycles. The lowest BCUT2D eigenvalue weighted by atomic mass is 10.2. The first-order chi connectivity index (χ1) is 9.03. The predicted molar refractivity (Wildman–Crippen MR) is 68.4 cm³/mol. The maximum atomic E-state index is 12.1. The average molecular weight is 348 g/mol. The van der Waals surface area contributed by atoms with E-state index in [-0.39, 0.29) is 23.9 Å². The zero-order valence-electron chi connectivity index (χ0n) is 9.58. The van der Waals surface area contributed by atoms with Crippen LogP contribution in [-0.2, 0) is 23.2 Å². The van der Waals surface area contributed by atoms with Crippen molar-refractivity contribution in [2.75, 3.05) is 0 Å². The molecule has 9 heteroatoms. The number of rotatable bonds is 5. The van der Waals surface area contributed by atoms with Gasteiger partial charge in [0.15, 0.2) is 5.82 Å². The van der Waals surface area contributed by atoms with Crippen molar-refractivity contribution in [2.24, 2.45) is 0 Å². The van der Waals surface area contributed by atoms with Gasteiger partial charge in [-0.3, -0.25) is 0 Å². The molecule has 0 radical (unpaired) electrons. The molecular formula is C10H10BrN3O4S. The SMILES string of the molecule is O=S(=O)(NCc1ncon1)c1ccc(CO)cc1Br. The highest BCUT2D eigenvalue weighted by atomic mass is 79.9. The largest absolute Gasteiger partial charge is 0.392 e. The molecule has 0 amide bonds. The molecule has 102 valence electrons. The third-order valence-corrected chi connectivity index (χ3v) is 4.67. The van der Waals surface area contributed by atoms with Gasteiger partial charge >= 0.3 is 0 Å². The van der Waals surface area contributed by atoms with Crippen LogP contribution in [0.2, 0.25) is 0 Å². The number of halogens is 1. The Morgan fingerprint density at radius 3 is 2.79 bits per heavy atom. The van der Waals surface area contributed by atoms with Crippen molar-refractivity contribution in [3.05, 3.63) is 40.5 Å². The lowest BCUT2D eigenvalue weighted by Crippen LogP contribution is -2.24. The normalized spacial score (nSPS) is 11.7. The van der Waals surface area contributed by atoms with Crippen molar-refractivity contribution in [1.29, 1.82) is 0 Å². The number of benzene rings is 1. The minimum atomic E-state index is -3.69. The molecule has 0 spiro atoms. The fourth-order valence-corrected chi connectivity index (χ4v) is 3.47. The fraction of sp³-hybridized carbons (Fsp3) is 0.200. The molecule has 0 unspecified atom stereocenters. The Morgan fingerprint density at radius 1 is 1.42 bits per heavy atom. The lowest BCUT2D eigenvalue weighted by Gasteiger charge is -2.08. The Morgan fingerprint density at radius 2 is 2.21 bits per heavy atom. The van der Waals surface area contributed by atoms with Crippen LogP contribution in [0, 0.1) is 0 Å². The molecular weight excluding hydrogens is 338 g/mol. The Labute approximate surface area is 117 Å². The summed E-state index contributed by atoms with van der Waals surface area (Å²) in [5.74, 6) is 0.242. The zero-order chi connectivity index (χ0) is 13.9. The van der Waals surface area contributed by atoms with Gasteiger partial charge in [-0.25, -0.2) is 13.1 Å². The first-order valence-corrected chi connectivity index (χ1v) is 7.45. The summed E-state index contributed by atoms with van der Waals surface area (Å²) in [6.07, 6.45) is 1.12. The first kappa shape index (κ1) is 14.1. The maximum Gasteiger partial charge on any atom is 0.242 e. The van der Waals surface area contributed by atoms with E-state index in [1.54, 1.807) is 6.07 Å². The van der Waals surface area contributed by atoms with Gasteiger partial charge in [0.25, 0.3) is 0 Å². The highest BCUT2D eigenvalue weighted by Crippen LogP contribution is 2.23. The molecule has 0 saturated heterocycles. The molecule has 19 heavy (non-hydrogen) atoms. The first-order valence-electron chi connectivity index (χ1n) is 5.17. The quantitative estimate of drug-likeness (QED) is 0.828. The van der Waals surface area contributed by atoms with E-state index in [1.165, 1.54) is 12.1 Å². The Bertz CT molecular complexity index is 657. The summed E-state index contributed by atoms with van der Waals surface area (Å²) in [5.41, 5.74) is 0.615. The van der Waals surface area contributed by atoms with E-state index >= 15 is 0 Å². The number of nitrogens with zero attached hydrogens (tertiary/aromatic N) is 2. The van der Waals surface area contributed by atoms with Crippen LogP contribution in [0.15, 0.2) is 38.5 Å². The van der Waals surface area contributed by atoms with Gasteiger partial charge in [-0.15, -0.1) is 0 Å². The van der Waals surface area contributed by atoms with Gasteiger partial charge in [0.2, 0.25) is 16.4 Å². The summed E-state index contributed by atoms with van der Waals surface area (Å²) in [4.78, 5) is 3.79. The second-order valence-corrected chi connectivity index (χ2v) is 6.18. The summed E-state index contributed by atoms with van der Waals surface area (Å²) < 4.78 is 31.3. The number of hydrogen-bond acceptors (Lipinski definition) is 6. The monoisotopic (exact) mass is 347 g/mol. The van der Waals surface area contributed by atoms with Gasteiger partial charge in [0.05, 0.1) is 18.0 Å². The maximum absolute atomic E-state index is 12.1. The van der Waals surface area contributed by atoms with Crippen molar-refractivity contribution >= 4 is 26.0 Å². The second kappa shape index (κ2) is 5.78. The molecule has 0 atom stereocenters. The van der Waals surface area contributed by atoms with Crippen LogP contribution in [0.1, 0.15) is 11.4 Å². The highest BCUT2D eigenvalue weighted by Gasteiger charge is 2.18. The standard InChI is InChI=1S/C10H10BrN3O4S/c11-8-3-7(5-15)1-2-9(8)19(16,17)13-4-10-12-6-18-14-10/h1-3,6,13,15H,4-5H2. The molecule has 0 aliphatic rings. The van der Waals surface area contributed by atoms with Crippen molar-refractivity contribution in [2.45, 2.75) is 18.0 Å². The van der Waals surface area contributed by atoms with Crippen LogP contribution in [0.25, 0.3) is 0 Å². The third-order valence-electron chi connectivity index (χ3n) is 2.30. The number of aliphatic hydroxyl groups is 1. The average Bonchev–Trinajstić information content (AvgIpc) is 2.89. The van der Waals surface area contributed by atoms with Crippen LogP contribution in [0.4, 0.5) is 0 Å². The molecule has 2 rings (SSSR count). The Balaban J connectivity index is 2.19. The highest BCUT2D eigenvalue weighted by molar-refractivity contribution is 9.10. The molecule has 0 aliphatic heterocycles. The molecule has 0 fully saturated rings. The fourth-order valence-electron chi connectivity index (χ4n) is 1.37. The topological polar surface area (TPSA) is 105 Å². The van der Waals surface area contributed by atoms with E-state index in [0.29, 0.717) is 10.0 Å². The number of aliphatic hydroxyl groups excluding tert-OH is 1. The van der Waals surface area contributed by atoms with Crippen LogP contribution in [0.5, 0.6) is 0 Å². The van der Waals surface area contributed by atoms with Gasteiger partial charge in [-0.2, -0.15) is 4.98 Å². The summed E-state index contributed by atoms with van der Waals surface area (Å²) in [5, 5.41) is 12.5. The Kier molecular flexibility index (Phi) is 4.30. The second-order valence-electron chi connectivity index (χ2n) is 3.59. The minimum absolute atomic E-state index is 0.0625. The van der Waals surface area contributed by atoms with Crippen molar-refractivity contribution in [3.63, 3.8) is 0 Å². The van der Waals surface area contributed by atoms with Crippen molar-refractivity contribution < 1.29 is 18.0 Å². The summed E-state index contributed by atoms with van der Waals surface area (Å²) in [6, 6.07) is 4.49. The van der Waals surface area contributed by atoms with Crippen molar-refractivity contribution in [3.8, 4) is 0 Å². The van der Waals surface area contributed by atoms with Crippen molar-refractivity contribution in [1.82, 2.24) is 14.9 Å². The van der Waals surface area contributed by atoms with E-state index in [4.69, 9.17) is 5.11 Å². The van der Waals surface area contributed by atoms with E-state index in [0.717, 1.165) is 6.39 Å². The van der Waals surface area contributed by atoms with Gasteiger partial charge in [0.1, 0.15) is 0 Å². The Hall–Kier alpha value is -1.29. The molecule has 0 saturated carbocycles. The van der Waals surface area contributed by atoms with Crippen LogP contribution < -0.4 is 4.72 Å². The number of aromatic nitrogens is 2. The van der Waals surface area contributed by atoms with E-state index in [9.17, 15) is 8.42 Å². The zero-order valence-corrected chi connectivity index (χ0v) is 12.0. The molecule has 2 N–H and O–H groups in total. The summed E-state index contributed by atoms with van der Waals surface area (Å²) in [6.45, 7) is -0.220. The lowest BCUT2D eigenvalue weighted by molar-refractivity contribution is 0.281. The van der Waals surface area contributed by atoms with Crippen LogP contribution >= 0.6 is 15.9 Å². The molecule has 7 nitrogen and oxygen atoms in total. The molecule has 0 bridgehead atoms. The van der Waals surface area contributed by atoms with E-state index in [2.05, 4.69) is 35.3 Å². The number of sulfonamides is 1. The summed E-state index contributed by atoms with van der Waals surface area (Å²) in [7, 11) is -3.69. The van der Waals surface area contributed by atoms with Gasteiger partial charge in [0, 0.05) is 4.47 Å². The van der Waals surface area contributed by atoms with Gasteiger partial charge in [-0.05, 0) is 33.6 Å². The molecule has 1 aromatic heterocycles. The predicted octanol–water partition coefficient (Wildman–Crippen LogP) is 0.803. The molecule has 0 aliphatic carbocycles. The summed E-state index contributed by atoms with van der Waals surface area (Å²) >= 11 is 3.16. The smallest absolute Gasteiger partial charge is 0.242 e. The number of nitrogens with one attached hydrogen (secondary N) is 1. The van der Waals surface area contributed by atoms with Gasteiger partial charge in [-0.1, -0.05) is 11.2 Å². The van der Waals surface area contributed by atoms with Gasteiger partial charge < -0.3 is 9.63 Å². The minimum Gasteiger partial charge on any atom is -0.392 e. The third kappa shape index (κ3) is 3.38. The molecule has 2 aromatic rings. The van der Waals surface area contributed by atoms with Crippen LogP contribution in [0.3, 0.4) is 0 Å².